The van der Waals surface area contributed by atoms with E-state index in [1.165, 1.54) is 64.2 Å². The maximum absolute atomic E-state index is 2.39. The zero-order valence-corrected chi connectivity index (χ0v) is 13.4. The predicted octanol–water partition coefficient (Wildman–Crippen LogP) is 7.57. The lowest BCUT2D eigenvalue weighted by Gasteiger charge is -2.25. The highest BCUT2D eigenvalue weighted by Crippen LogP contribution is 2.30. The molecule has 2 aliphatic carbocycles. The molecule has 2 saturated carbocycles. The maximum atomic E-state index is 2.39. The van der Waals surface area contributed by atoms with Gasteiger partial charge in [0.1, 0.15) is 0 Å². The third-order valence-corrected chi connectivity index (χ3v) is 5.14. The average Bonchev–Trinajstić information content (AvgIpc) is 2.37. The Morgan fingerprint density at radius 2 is 1.00 bits per heavy atom. The fourth-order valence-corrected chi connectivity index (χ4v) is 3.45. The number of rotatable bonds is 2. The van der Waals surface area contributed by atoms with Crippen LogP contribution < -0.4 is 0 Å². The van der Waals surface area contributed by atoms with Gasteiger partial charge in [0.15, 0.2) is 0 Å². The van der Waals surface area contributed by atoms with E-state index in [9.17, 15) is 0 Å². The Balaban J connectivity index is -0.000000274. The first kappa shape index (κ1) is 19.0. The predicted molar refractivity (Wildman–Crippen MR) is 93.8 cm³/mol. The van der Waals surface area contributed by atoms with Crippen molar-refractivity contribution in [2.45, 2.75) is 99.3 Å². The summed E-state index contributed by atoms with van der Waals surface area (Å²) in [5.41, 5.74) is 0. The molecule has 0 spiro atoms. The molecular weight excluding hydrogens is 228 g/mol. The summed E-state index contributed by atoms with van der Waals surface area (Å²) < 4.78 is 0. The lowest BCUT2D eigenvalue weighted by Crippen LogP contribution is -2.11. The van der Waals surface area contributed by atoms with E-state index in [-0.39, 0.29) is 10.3 Å². The monoisotopic (exact) mass is 272 g/mol. The molecule has 0 bridgehead atoms. The highest BCUT2D eigenvalue weighted by atomic mass is 14.2. The van der Waals surface area contributed by atoms with Gasteiger partial charge in [-0.2, -0.15) is 0 Å². The first-order chi connectivity index (χ1) is 8.61. The molecule has 0 aliphatic heterocycles. The van der Waals surface area contributed by atoms with E-state index in [1.807, 2.05) is 0 Å². The van der Waals surface area contributed by atoms with Crippen LogP contribution in [0, 0.1) is 23.7 Å². The van der Waals surface area contributed by atoms with Crippen molar-refractivity contribution in [1.82, 2.24) is 0 Å². The van der Waals surface area contributed by atoms with E-state index in [0.717, 1.165) is 23.7 Å². The summed E-state index contributed by atoms with van der Waals surface area (Å²) in [6.45, 7) is 9.43. The summed E-state index contributed by atoms with van der Waals surface area (Å²) in [5, 5.41) is 0. The van der Waals surface area contributed by atoms with Gasteiger partial charge < -0.3 is 0 Å². The second-order valence-corrected chi connectivity index (χ2v) is 7.28. The van der Waals surface area contributed by atoms with E-state index in [4.69, 9.17) is 0 Å². The minimum Gasteiger partial charge on any atom is -0.0776 e. The minimum absolute atomic E-state index is 0. The lowest BCUT2D eigenvalue weighted by molar-refractivity contribution is 0.276. The Labute approximate surface area is 126 Å². The standard InChI is InChI=1S/C10H20.C8H16.CH4.2H2/c1-3-4-10-7-5-9(2)6-8-10;1-7-3-5-8(2)6-4-7;;;/h9-10H,3-8H2,1-2H3;7-8H,3-6H2,1-2H3;1H4;2*1H. The molecule has 0 heteroatoms. The lowest BCUT2D eigenvalue weighted by atomic mass is 9.81. The van der Waals surface area contributed by atoms with Crippen LogP contribution in [0.15, 0.2) is 0 Å². The van der Waals surface area contributed by atoms with Crippen molar-refractivity contribution in [2.75, 3.05) is 0 Å². The van der Waals surface area contributed by atoms with Gasteiger partial charge in [-0.05, 0) is 23.7 Å². The van der Waals surface area contributed by atoms with E-state index in [0.29, 0.717) is 0 Å². The minimum atomic E-state index is 0. The molecule has 0 aromatic heterocycles. The molecule has 0 amide bonds. The van der Waals surface area contributed by atoms with Crippen LogP contribution in [0.25, 0.3) is 0 Å². The van der Waals surface area contributed by atoms with Crippen molar-refractivity contribution in [3.63, 3.8) is 0 Å². The first-order valence-corrected chi connectivity index (χ1v) is 8.61. The third kappa shape index (κ3) is 8.71. The van der Waals surface area contributed by atoms with Crippen LogP contribution in [0.3, 0.4) is 0 Å². The smallest absolute Gasteiger partial charge is 0 e. The largest absolute Gasteiger partial charge is 0.0776 e. The molecule has 120 valence electrons. The van der Waals surface area contributed by atoms with Gasteiger partial charge >= 0.3 is 0 Å². The van der Waals surface area contributed by atoms with Crippen molar-refractivity contribution in [1.29, 1.82) is 0 Å². The van der Waals surface area contributed by atoms with Crippen molar-refractivity contribution in [2.24, 2.45) is 23.7 Å². The quantitative estimate of drug-likeness (QED) is 0.486. The van der Waals surface area contributed by atoms with Crippen LogP contribution in [0.1, 0.15) is 102 Å². The SMILES string of the molecule is C.CC1CCC(C)CC1.CCCC1CCC(C)CC1.[HH].[HH]. The highest BCUT2D eigenvalue weighted by molar-refractivity contribution is 4.69. The summed E-state index contributed by atoms with van der Waals surface area (Å²) in [4.78, 5) is 0. The van der Waals surface area contributed by atoms with Crippen LogP contribution in [-0.2, 0) is 0 Å². The zero-order valence-electron chi connectivity index (χ0n) is 13.4. The molecule has 0 saturated heterocycles. The van der Waals surface area contributed by atoms with Gasteiger partial charge in [0.05, 0.1) is 0 Å². The van der Waals surface area contributed by atoms with E-state index >= 15 is 0 Å². The van der Waals surface area contributed by atoms with Crippen molar-refractivity contribution < 1.29 is 2.85 Å². The molecule has 0 radical (unpaired) electrons. The third-order valence-electron chi connectivity index (χ3n) is 5.14. The Kier molecular flexibility index (Phi) is 10.7. The molecule has 2 fully saturated rings. The summed E-state index contributed by atoms with van der Waals surface area (Å²) in [5.74, 6) is 4.15. The van der Waals surface area contributed by atoms with Crippen molar-refractivity contribution >= 4 is 0 Å². The van der Waals surface area contributed by atoms with Gasteiger partial charge in [0.25, 0.3) is 0 Å². The van der Waals surface area contributed by atoms with Crippen molar-refractivity contribution in [3.8, 4) is 0 Å². The highest BCUT2D eigenvalue weighted by Gasteiger charge is 2.16. The molecule has 19 heavy (non-hydrogen) atoms. The van der Waals surface area contributed by atoms with E-state index in [2.05, 4.69) is 27.7 Å². The van der Waals surface area contributed by atoms with Gasteiger partial charge in [-0.25, -0.2) is 0 Å². The van der Waals surface area contributed by atoms with E-state index in [1.54, 1.807) is 0 Å². The van der Waals surface area contributed by atoms with Crippen LogP contribution in [0.4, 0.5) is 0 Å². The fraction of sp³-hybridized carbons (Fsp3) is 1.00. The molecule has 0 atom stereocenters. The van der Waals surface area contributed by atoms with Gasteiger partial charge in [-0.1, -0.05) is 99.3 Å². The molecule has 0 unspecified atom stereocenters. The number of hydrogen-bond acceptors (Lipinski definition) is 0. The van der Waals surface area contributed by atoms with Gasteiger partial charge in [0, 0.05) is 2.85 Å². The molecule has 2 rings (SSSR count). The topological polar surface area (TPSA) is 0 Å². The summed E-state index contributed by atoms with van der Waals surface area (Å²) >= 11 is 0. The van der Waals surface area contributed by atoms with Crippen LogP contribution in [0.5, 0.6) is 0 Å². The normalized spacial score (nSPS) is 34.7. The number of hydrogen-bond donors (Lipinski definition) is 0. The molecule has 0 N–H and O–H groups in total. The van der Waals surface area contributed by atoms with Gasteiger partial charge in [-0.15, -0.1) is 0 Å². The Hall–Kier alpha value is 0. The molecule has 2 aliphatic rings. The van der Waals surface area contributed by atoms with Crippen molar-refractivity contribution in [3.05, 3.63) is 0 Å². The molecule has 0 heterocycles. The van der Waals surface area contributed by atoms with Crippen LogP contribution in [0.2, 0.25) is 0 Å². The second kappa shape index (κ2) is 10.7. The first-order valence-electron chi connectivity index (χ1n) is 8.61. The molecule has 0 nitrogen and oxygen atoms in total. The molecule has 0 aromatic carbocycles. The Morgan fingerprint density at radius 3 is 1.32 bits per heavy atom. The Morgan fingerprint density at radius 1 is 0.684 bits per heavy atom. The molecular formula is C19H44. The molecule has 0 aromatic rings. The summed E-state index contributed by atoms with van der Waals surface area (Å²) in [7, 11) is 0. The van der Waals surface area contributed by atoms with Gasteiger partial charge in [0.2, 0.25) is 0 Å². The van der Waals surface area contributed by atoms with Crippen LogP contribution >= 0.6 is 0 Å². The Bertz CT molecular complexity index is 180. The summed E-state index contributed by atoms with van der Waals surface area (Å²) in [6.07, 6.45) is 14.8. The van der Waals surface area contributed by atoms with Gasteiger partial charge in [-0.3, -0.25) is 0 Å². The van der Waals surface area contributed by atoms with E-state index < -0.39 is 0 Å². The summed E-state index contributed by atoms with van der Waals surface area (Å²) in [6, 6.07) is 0. The fourth-order valence-electron chi connectivity index (χ4n) is 3.45. The second-order valence-electron chi connectivity index (χ2n) is 7.28. The average molecular weight is 273 g/mol. The van der Waals surface area contributed by atoms with Crippen LogP contribution in [-0.4, -0.2) is 0 Å². The zero-order chi connectivity index (χ0) is 13.4. The maximum Gasteiger partial charge on any atom is 0 e.